The number of hydrogen-bond acceptors (Lipinski definition) is 4. The van der Waals surface area contributed by atoms with E-state index in [0.29, 0.717) is 23.3 Å². The fraction of sp³-hybridized carbons (Fsp3) is 0.357. The summed E-state index contributed by atoms with van der Waals surface area (Å²) in [5.41, 5.74) is 0.0653. The van der Waals surface area contributed by atoms with Crippen LogP contribution in [0.5, 0.6) is 17.2 Å². The number of unbranched alkanes of at least 4 members (excludes halogenated alkanes) is 1. The highest BCUT2D eigenvalue weighted by Crippen LogP contribution is 2.31. The molecule has 0 amide bonds. The van der Waals surface area contributed by atoms with E-state index >= 15 is 0 Å². The van der Waals surface area contributed by atoms with Crippen molar-refractivity contribution < 1.29 is 14.6 Å². The first kappa shape index (κ1) is 13.3. The summed E-state index contributed by atoms with van der Waals surface area (Å²) in [4.78, 5) is 14.3. The Kier molecular flexibility index (Phi) is 3.94. The molecule has 5 nitrogen and oxygen atoms in total. The van der Waals surface area contributed by atoms with Crippen molar-refractivity contribution in [2.45, 2.75) is 19.8 Å². The fourth-order valence-corrected chi connectivity index (χ4v) is 1.86. The predicted molar refractivity (Wildman–Crippen MR) is 73.2 cm³/mol. The monoisotopic (exact) mass is 263 g/mol. The number of aromatic nitrogens is 1. The molecule has 1 aromatic carbocycles. The lowest BCUT2D eigenvalue weighted by atomic mass is 10.2. The Morgan fingerprint density at radius 3 is 2.84 bits per heavy atom. The lowest BCUT2D eigenvalue weighted by molar-refractivity contribution is 0.309. The summed E-state index contributed by atoms with van der Waals surface area (Å²) >= 11 is 0. The van der Waals surface area contributed by atoms with Crippen LogP contribution in [0.4, 0.5) is 0 Å². The normalized spacial score (nSPS) is 10.6. The SMILES string of the molecule is CCCCOc1ccc2c(O)c(OC)c(=O)[nH]c2c1. The van der Waals surface area contributed by atoms with Crippen LogP contribution in [-0.4, -0.2) is 23.8 Å². The largest absolute Gasteiger partial charge is 0.504 e. The maximum Gasteiger partial charge on any atom is 0.294 e. The molecule has 102 valence electrons. The number of hydrogen-bond donors (Lipinski definition) is 2. The van der Waals surface area contributed by atoms with E-state index in [1.807, 2.05) is 0 Å². The summed E-state index contributed by atoms with van der Waals surface area (Å²) < 4.78 is 10.4. The van der Waals surface area contributed by atoms with Crippen LogP contribution in [0.3, 0.4) is 0 Å². The van der Waals surface area contributed by atoms with E-state index in [2.05, 4.69) is 11.9 Å². The van der Waals surface area contributed by atoms with Gasteiger partial charge in [-0.3, -0.25) is 4.79 Å². The van der Waals surface area contributed by atoms with Crippen LogP contribution >= 0.6 is 0 Å². The smallest absolute Gasteiger partial charge is 0.294 e. The molecule has 0 aliphatic heterocycles. The van der Waals surface area contributed by atoms with Crippen molar-refractivity contribution in [1.82, 2.24) is 4.98 Å². The lowest BCUT2D eigenvalue weighted by Crippen LogP contribution is -2.09. The molecule has 0 saturated carbocycles. The van der Waals surface area contributed by atoms with Crippen LogP contribution in [0.15, 0.2) is 23.0 Å². The van der Waals surface area contributed by atoms with Crippen LogP contribution in [0.1, 0.15) is 19.8 Å². The first-order valence-corrected chi connectivity index (χ1v) is 6.23. The second-order valence-corrected chi connectivity index (χ2v) is 4.25. The number of rotatable bonds is 5. The number of pyridine rings is 1. The van der Waals surface area contributed by atoms with Gasteiger partial charge in [-0.15, -0.1) is 0 Å². The highest BCUT2D eigenvalue weighted by atomic mass is 16.5. The number of fused-ring (bicyclic) bond motifs is 1. The molecule has 0 unspecified atom stereocenters. The number of benzene rings is 1. The minimum absolute atomic E-state index is 0.0767. The van der Waals surface area contributed by atoms with Gasteiger partial charge in [0.1, 0.15) is 5.75 Å². The van der Waals surface area contributed by atoms with Gasteiger partial charge in [0.2, 0.25) is 5.75 Å². The van der Waals surface area contributed by atoms with Crippen molar-refractivity contribution in [3.8, 4) is 17.2 Å². The molecule has 0 atom stereocenters. The van der Waals surface area contributed by atoms with Gasteiger partial charge in [-0.2, -0.15) is 0 Å². The van der Waals surface area contributed by atoms with E-state index in [1.165, 1.54) is 7.11 Å². The maximum absolute atomic E-state index is 11.7. The standard InChI is InChI=1S/C14H17NO4/c1-3-4-7-19-9-5-6-10-11(8-9)15-14(17)13(18-2)12(10)16/h5-6,8H,3-4,7H2,1-2H3,(H2,15,16,17). The molecule has 5 heteroatoms. The zero-order valence-corrected chi connectivity index (χ0v) is 11.0. The van der Waals surface area contributed by atoms with Crippen molar-refractivity contribution in [2.75, 3.05) is 13.7 Å². The van der Waals surface area contributed by atoms with Crippen LogP contribution in [0, 0.1) is 0 Å². The maximum atomic E-state index is 11.7. The summed E-state index contributed by atoms with van der Waals surface area (Å²) in [5, 5.41) is 10.5. The van der Waals surface area contributed by atoms with Crippen molar-refractivity contribution in [3.63, 3.8) is 0 Å². The third kappa shape index (κ3) is 2.65. The Labute approximate surface area is 110 Å². The van der Waals surface area contributed by atoms with E-state index in [0.717, 1.165) is 12.8 Å². The fourth-order valence-electron chi connectivity index (χ4n) is 1.86. The first-order valence-electron chi connectivity index (χ1n) is 6.23. The molecule has 1 aromatic heterocycles. The first-order chi connectivity index (χ1) is 9.17. The Balaban J connectivity index is 2.41. The quantitative estimate of drug-likeness (QED) is 0.813. The average Bonchev–Trinajstić information content (AvgIpc) is 2.39. The van der Waals surface area contributed by atoms with Gasteiger partial charge in [-0.05, 0) is 18.6 Å². The summed E-state index contributed by atoms with van der Waals surface area (Å²) in [7, 11) is 1.35. The van der Waals surface area contributed by atoms with Gasteiger partial charge >= 0.3 is 0 Å². The molecule has 0 spiro atoms. The van der Waals surface area contributed by atoms with Crippen LogP contribution in [-0.2, 0) is 0 Å². The summed E-state index contributed by atoms with van der Waals surface area (Å²) in [5.74, 6) is 0.440. The third-order valence-corrected chi connectivity index (χ3v) is 2.89. The number of methoxy groups -OCH3 is 1. The van der Waals surface area contributed by atoms with Crippen molar-refractivity contribution in [2.24, 2.45) is 0 Å². The van der Waals surface area contributed by atoms with Gasteiger partial charge in [0.15, 0.2) is 5.75 Å². The highest BCUT2D eigenvalue weighted by Gasteiger charge is 2.12. The molecular weight excluding hydrogens is 246 g/mol. The van der Waals surface area contributed by atoms with Gasteiger partial charge in [0, 0.05) is 11.5 Å². The van der Waals surface area contributed by atoms with Gasteiger partial charge in [0.25, 0.3) is 5.56 Å². The number of H-pyrrole nitrogens is 1. The van der Waals surface area contributed by atoms with E-state index in [-0.39, 0.29) is 11.5 Å². The molecule has 0 aliphatic carbocycles. The third-order valence-electron chi connectivity index (χ3n) is 2.89. The topological polar surface area (TPSA) is 71.5 Å². The molecular formula is C14H17NO4. The average molecular weight is 263 g/mol. The Hall–Kier alpha value is -2.17. The molecule has 2 N–H and O–H groups in total. The molecule has 0 bridgehead atoms. The van der Waals surface area contributed by atoms with Gasteiger partial charge in [-0.1, -0.05) is 13.3 Å². The zero-order chi connectivity index (χ0) is 13.8. The second kappa shape index (κ2) is 5.65. The predicted octanol–water partition coefficient (Wildman–Crippen LogP) is 2.42. The minimum atomic E-state index is -0.460. The zero-order valence-electron chi connectivity index (χ0n) is 11.0. The minimum Gasteiger partial charge on any atom is -0.504 e. The number of aromatic hydroxyl groups is 1. The lowest BCUT2D eigenvalue weighted by Gasteiger charge is -2.09. The van der Waals surface area contributed by atoms with Crippen LogP contribution in [0.2, 0.25) is 0 Å². The molecule has 2 aromatic rings. The molecule has 0 saturated heterocycles. The number of nitrogens with one attached hydrogen (secondary N) is 1. The summed E-state index contributed by atoms with van der Waals surface area (Å²) in [6, 6.07) is 5.16. The molecule has 0 aliphatic rings. The van der Waals surface area contributed by atoms with Crippen molar-refractivity contribution >= 4 is 10.9 Å². The van der Waals surface area contributed by atoms with E-state index in [1.54, 1.807) is 18.2 Å². The number of ether oxygens (including phenoxy) is 2. The van der Waals surface area contributed by atoms with Gasteiger partial charge < -0.3 is 19.6 Å². The second-order valence-electron chi connectivity index (χ2n) is 4.25. The number of aromatic amines is 1. The highest BCUT2D eigenvalue weighted by molar-refractivity contribution is 5.87. The van der Waals surface area contributed by atoms with E-state index in [4.69, 9.17) is 9.47 Å². The van der Waals surface area contributed by atoms with Gasteiger partial charge in [-0.25, -0.2) is 0 Å². The van der Waals surface area contributed by atoms with Crippen molar-refractivity contribution in [3.05, 3.63) is 28.6 Å². The Morgan fingerprint density at radius 1 is 1.37 bits per heavy atom. The van der Waals surface area contributed by atoms with Crippen LogP contribution < -0.4 is 15.0 Å². The van der Waals surface area contributed by atoms with Gasteiger partial charge in [0.05, 0.1) is 19.2 Å². The molecule has 0 fully saturated rings. The Bertz CT molecular complexity index is 633. The molecule has 19 heavy (non-hydrogen) atoms. The van der Waals surface area contributed by atoms with E-state index < -0.39 is 5.56 Å². The van der Waals surface area contributed by atoms with E-state index in [9.17, 15) is 9.90 Å². The Morgan fingerprint density at radius 2 is 2.16 bits per heavy atom. The van der Waals surface area contributed by atoms with Crippen molar-refractivity contribution in [1.29, 1.82) is 0 Å². The summed E-state index contributed by atoms with van der Waals surface area (Å²) in [6.07, 6.45) is 2.03. The molecule has 2 rings (SSSR count). The molecule has 1 heterocycles. The summed E-state index contributed by atoms with van der Waals surface area (Å²) in [6.45, 7) is 2.72. The molecule has 0 radical (unpaired) electrons. The van der Waals surface area contributed by atoms with Crippen LogP contribution in [0.25, 0.3) is 10.9 Å².